The number of methoxy groups -OCH3 is 1. The van der Waals surface area contributed by atoms with Crippen molar-refractivity contribution in [1.29, 1.82) is 0 Å². The van der Waals surface area contributed by atoms with Crippen LogP contribution in [0.25, 0.3) is 16.7 Å². The molecule has 4 aromatic rings. The number of anilines is 2. The van der Waals surface area contributed by atoms with Crippen LogP contribution in [-0.2, 0) is 14.8 Å². The Morgan fingerprint density at radius 1 is 1.06 bits per heavy atom. The van der Waals surface area contributed by atoms with Gasteiger partial charge < -0.3 is 9.64 Å². The Hall–Kier alpha value is -3.92. The maximum absolute atomic E-state index is 13.5. The number of aryl methyl sites for hydroxylation is 2. The molecule has 5 rings (SSSR count). The first kappa shape index (κ1) is 22.9. The molecule has 1 saturated heterocycles. The molecule has 0 aliphatic carbocycles. The minimum Gasteiger partial charge on any atom is -0.495 e. The van der Waals surface area contributed by atoms with E-state index < -0.39 is 10.0 Å². The summed E-state index contributed by atoms with van der Waals surface area (Å²) < 4.78 is 36.6. The molecule has 3 heterocycles. The van der Waals surface area contributed by atoms with Gasteiger partial charge in [0, 0.05) is 30.1 Å². The molecule has 1 fully saturated rings. The number of sulfonamides is 1. The fraction of sp³-hybridized carbons (Fsp3) is 0.240. The molecule has 0 unspecified atom stereocenters. The molecule has 1 aliphatic heterocycles. The Bertz CT molecular complexity index is 1560. The molecule has 1 N–H and O–H groups in total. The number of ether oxygens (including phenoxy) is 1. The standard InChI is InChI=1S/C25H25N5O4S/c1-16-13-23(26-20-8-5-4-7-19(16)20)30-24(14-17(2)27-30)28-35(32,33)22-15-18(10-11-21(22)34-3)29-12-6-9-25(29)31/h4-5,7-8,10-11,13-15,28H,6,9,12H2,1-3H3. The number of para-hydroxylation sites is 1. The summed E-state index contributed by atoms with van der Waals surface area (Å²) in [5.41, 5.74) is 2.93. The molecule has 2 aromatic heterocycles. The summed E-state index contributed by atoms with van der Waals surface area (Å²) in [6.45, 7) is 4.31. The van der Waals surface area contributed by atoms with Crippen molar-refractivity contribution in [3.8, 4) is 11.6 Å². The Kier molecular flexibility index (Phi) is 5.68. The van der Waals surface area contributed by atoms with E-state index in [-0.39, 0.29) is 22.4 Å². The first-order valence-corrected chi connectivity index (χ1v) is 12.7. The van der Waals surface area contributed by atoms with E-state index in [1.54, 1.807) is 30.0 Å². The zero-order valence-corrected chi connectivity index (χ0v) is 20.5. The molecular weight excluding hydrogens is 466 g/mol. The van der Waals surface area contributed by atoms with E-state index in [4.69, 9.17) is 4.74 Å². The summed E-state index contributed by atoms with van der Waals surface area (Å²) in [6, 6.07) is 16.0. The number of nitrogens with one attached hydrogen (secondary N) is 1. The zero-order chi connectivity index (χ0) is 24.7. The van der Waals surface area contributed by atoms with Crippen molar-refractivity contribution in [1.82, 2.24) is 14.8 Å². The lowest BCUT2D eigenvalue weighted by Crippen LogP contribution is -2.24. The van der Waals surface area contributed by atoms with Crippen molar-refractivity contribution >= 4 is 38.3 Å². The van der Waals surface area contributed by atoms with Crippen LogP contribution in [0.4, 0.5) is 11.5 Å². The molecule has 0 radical (unpaired) electrons. The van der Waals surface area contributed by atoms with Gasteiger partial charge >= 0.3 is 0 Å². The number of nitrogens with zero attached hydrogens (tertiary/aromatic N) is 4. The fourth-order valence-electron chi connectivity index (χ4n) is 4.34. The van der Waals surface area contributed by atoms with Crippen LogP contribution in [0.15, 0.2) is 59.5 Å². The molecule has 0 atom stereocenters. The Morgan fingerprint density at radius 2 is 1.86 bits per heavy atom. The van der Waals surface area contributed by atoms with Gasteiger partial charge in [-0.25, -0.2) is 13.4 Å². The van der Waals surface area contributed by atoms with Gasteiger partial charge in [0.15, 0.2) is 5.82 Å². The van der Waals surface area contributed by atoms with Crippen LogP contribution in [0.1, 0.15) is 24.1 Å². The van der Waals surface area contributed by atoms with Crippen LogP contribution < -0.4 is 14.4 Å². The normalized spacial score (nSPS) is 14.0. The molecular formula is C25H25N5O4S. The monoisotopic (exact) mass is 491 g/mol. The zero-order valence-electron chi connectivity index (χ0n) is 19.6. The van der Waals surface area contributed by atoms with E-state index in [1.165, 1.54) is 17.9 Å². The third-order valence-corrected chi connectivity index (χ3v) is 7.39. The maximum atomic E-state index is 13.5. The predicted molar refractivity (Wildman–Crippen MR) is 134 cm³/mol. The van der Waals surface area contributed by atoms with Crippen molar-refractivity contribution in [2.45, 2.75) is 31.6 Å². The Balaban J connectivity index is 1.56. The number of aromatic nitrogens is 3. The summed E-state index contributed by atoms with van der Waals surface area (Å²) in [6.07, 6.45) is 1.19. The average molecular weight is 492 g/mol. The van der Waals surface area contributed by atoms with Crippen molar-refractivity contribution < 1.29 is 17.9 Å². The predicted octanol–water partition coefficient (Wildman–Crippen LogP) is 3.97. The van der Waals surface area contributed by atoms with Crippen molar-refractivity contribution in [3.05, 3.63) is 65.9 Å². The highest BCUT2D eigenvalue weighted by Crippen LogP contribution is 2.32. The van der Waals surface area contributed by atoms with Gasteiger partial charge in [0.05, 0.1) is 18.3 Å². The molecule has 9 nitrogen and oxygen atoms in total. The van der Waals surface area contributed by atoms with E-state index in [0.29, 0.717) is 30.2 Å². The molecule has 35 heavy (non-hydrogen) atoms. The summed E-state index contributed by atoms with van der Waals surface area (Å²) in [7, 11) is -2.69. The molecule has 180 valence electrons. The molecule has 0 saturated carbocycles. The van der Waals surface area contributed by atoms with Crippen molar-refractivity contribution in [3.63, 3.8) is 0 Å². The number of hydrogen-bond donors (Lipinski definition) is 1. The number of carbonyl (C=O) groups is 1. The average Bonchev–Trinajstić information content (AvgIpc) is 3.43. The number of rotatable bonds is 6. The number of hydrogen-bond acceptors (Lipinski definition) is 6. The second kappa shape index (κ2) is 8.70. The largest absolute Gasteiger partial charge is 0.495 e. The van der Waals surface area contributed by atoms with Gasteiger partial charge in [0.25, 0.3) is 10.0 Å². The Morgan fingerprint density at radius 3 is 2.60 bits per heavy atom. The lowest BCUT2D eigenvalue weighted by atomic mass is 10.1. The third-order valence-electron chi connectivity index (χ3n) is 6.02. The van der Waals surface area contributed by atoms with Crippen LogP contribution in [-0.4, -0.2) is 42.7 Å². The van der Waals surface area contributed by atoms with E-state index in [2.05, 4.69) is 14.8 Å². The number of pyridine rings is 1. The summed E-state index contributed by atoms with van der Waals surface area (Å²) in [4.78, 5) is 18.4. The second-order valence-electron chi connectivity index (χ2n) is 8.49. The lowest BCUT2D eigenvalue weighted by molar-refractivity contribution is -0.117. The molecule has 2 aromatic carbocycles. The van der Waals surface area contributed by atoms with Crippen LogP contribution in [0, 0.1) is 13.8 Å². The van der Waals surface area contributed by atoms with E-state index in [0.717, 1.165) is 22.9 Å². The topological polar surface area (TPSA) is 106 Å². The molecule has 1 aliphatic rings. The second-order valence-corrected chi connectivity index (χ2v) is 10.1. The minimum absolute atomic E-state index is 0.0297. The van der Waals surface area contributed by atoms with Gasteiger partial charge in [0.1, 0.15) is 16.5 Å². The van der Waals surface area contributed by atoms with Gasteiger partial charge in [-0.05, 0) is 56.2 Å². The van der Waals surface area contributed by atoms with Gasteiger partial charge in [-0.2, -0.15) is 9.78 Å². The van der Waals surface area contributed by atoms with Crippen molar-refractivity contribution in [2.75, 3.05) is 23.3 Å². The lowest BCUT2D eigenvalue weighted by Gasteiger charge is -2.19. The highest BCUT2D eigenvalue weighted by atomic mass is 32.2. The quantitative estimate of drug-likeness (QED) is 0.437. The first-order chi connectivity index (χ1) is 16.8. The highest BCUT2D eigenvalue weighted by molar-refractivity contribution is 7.92. The SMILES string of the molecule is COc1ccc(N2CCCC2=O)cc1S(=O)(=O)Nc1cc(C)nn1-c1cc(C)c2ccccc2n1. The van der Waals surface area contributed by atoms with Crippen LogP contribution >= 0.6 is 0 Å². The summed E-state index contributed by atoms with van der Waals surface area (Å²) in [5.74, 6) is 0.887. The van der Waals surface area contributed by atoms with Crippen LogP contribution in [0.2, 0.25) is 0 Å². The van der Waals surface area contributed by atoms with Crippen molar-refractivity contribution in [2.24, 2.45) is 0 Å². The summed E-state index contributed by atoms with van der Waals surface area (Å²) >= 11 is 0. The van der Waals surface area contributed by atoms with Gasteiger partial charge in [-0.15, -0.1) is 0 Å². The summed E-state index contributed by atoms with van der Waals surface area (Å²) in [5, 5.41) is 5.50. The number of amides is 1. The van der Waals surface area contributed by atoms with Crippen LogP contribution in [0.5, 0.6) is 5.75 Å². The molecule has 1 amide bonds. The first-order valence-electron chi connectivity index (χ1n) is 11.2. The van der Waals surface area contributed by atoms with E-state index in [9.17, 15) is 13.2 Å². The van der Waals surface area contributed by atoms with E-state index >= 15 is 0 Å². The third kappa shape index (κ3) is 4.21. The number of carbonyl (C=O) groups excluding carboxylic acids is 1. The maximum Gasteiger partial charge on any atom is 0.266 e. The van der Waals surface area contributed by atoms with Gasteiger partial charge in [0.2, 0.25) is 5.91 Å². The van der Waals surface area contributed by atoms with Gasteiger partial charge in [-0.1, -0.05) is 18.2 Å². The van der Waals surface area contributed by atoms with Crippen LogP contribution in [0.3, 0.4) is 0 Å². The van der Waals surface area contributed by atoms with Gasteiger partial charge in [-0.3, -0.25) is 9.52 Å². The molecule has 10 heteroatoms. The molecule has 0 spiro atoms. The fourth-order valence-corrected chi connectivity index (χ4v) is 5.57. The number of fused-ring (bicyclic) bond motifs is 1. The smallest absolute Gasteiger partial charge is 0.266 e. The Labute approximate surface area is 203 Å². The number of benzene rings is 2. The molecule has 0 bridgehead atoms. The highest BCUT2D eigenvalue weighted by Gasteiger charge is 2.27. The minimum atomic E-state index is -4.10. The van der Waals surface area contributed by atoms with E-state index in [1.807, 2.05) is 37.3 Å².